The molecule has 1 aromatic heterocycles. The molecule has 11 nitrogen and oxygen atoms in total. The molecule has 0 N–H and O–H groups in total. The van der Waals surface area contributed by atoms with Gasteiger partial charge in [0.15, 0.2) is 0 Å². The molecular formula is C34H33N5O6S. The summed E-state index contributed by atoms with van der Waals surface area (Å²) >= 11 is 0. The number of sulfonamides is 1. The maximum absolute atomic E-state index is 14.7. The number of hydrogen-bond acceptors (Lipinski definition) is 10. The molecule has 4 aromatic rings. The fourth-order valence-corrected chi connectivity index (χ4v) is 7.71. The minimum absolute atomic E-state index is 0.0123. The van der Waals surface area contributed by atoms with Crippen molar-refractivity contribution in [2.75, 3.05) is 54.6 Å². The summed E-state index contributed by atoms with van der Waals surface area (Å²) in [5, 5.41) is 9.85. The largest absolute Gasteiger partial charge is 0.497 e. The van der Waals surface area contributed by atoms with E-state index in [1.807, 2.05) is 12.1 Å². The molecule has 236 valence electrons. The Balaban J connectivity index is 1.50. The van der Waals surface area contributed by atoms with Crippen molar-refractivity contribution in [3.8, 4) is 23.3 Å². The van der Waals surface area contributed by atoms with Crippen molar-refractivity contribution in [1.29, 1.82) is 5.26 Å². The van der Waals surface area contributed by atoms with Crippen molar-refractivity contribution in [2.45, 2.75) is 17.9 Å². The minimum atomic E-state index is -4.62. The monoisotopic (exact) mass is 639 g/mol. The quantitative estimate of drug-likeness (QED) is 0.241. The molecule has 12 heteroatoms. The lowest BCUT2D eigenvalue weighted by molar-refractivity contribution is 0.100. The molecule has 0 unspecified atom stereocenters. The second-order valence-electron chi connectivity index (χ2n) is 10.9. The molecule has 1 amide bonds. The average molecular weight is 640 g/mol. The third-order valence-corrected chi connectivity index (χ3v) is 10.1. The van der Waals surface area contributed by atoms with Crippen molar-refractivity contribution < 1.29 is 27.4 Å². The number of nitriles is 1. The van der Waals surface area contributed by atoms with Crippen LogP contribution in [-0.4, -0.2) is 65.8 Å². The van der Waals surface area contributed by atoms with E-state index >= 15 is 0 Å². The standard InChI is InChI=1S/C34H33N5O6S/c1-4-45-31-8-6-5-7-27(31)34(40)39(46(41,42)33-12-10-26(43-2)18-32(33)44-3)28-11-9-23(19-35)17-29(28)38-21-24-20-37(22-30(24)38)25-13-15-36-16-14-25/h5-18,24,30H,4,20-22H2,1-3H3/t24-,30-/m1/s1. The first-order valence-electron chi connectivity index (χ1n) is 14.8. The first-order chi connectivity index (χ1) is 22.3. The summed E-state index contributed by atoms with van der Waals surface area (Å²) in [5.41, 5.74) is 2.05. The van der Waals surface area contributed by atoms with Crippen LogP contribution in [0.5, 0.6) is 17.2 Å². The highest BCUT2D eigenvalue weighted by Crippen LogP contribution is 2.45. The van der Waals surface area contributed by atoms with Crippen LogP contribution in [0.1, 0.15) is 22.8 Å². The number of rotatable bonds is 10. The van der Waals surface area contributed by atoms with Crippen LogP contribution in [0, 0.1) is 17.2 Å². The summed E-state index contributed by atoms with van der Waals surface area (Å²) in [6.07, 6.45) is 3.51. The van der Waals surface area contributed by atoms with Gasteiger partial charge in [0.1, 0.15) is 22.1 Å². The fourth-order valence-electron chi connectivity index (χ4n) is 6.14. The molecule has 0 spiro atoms. The van der Waals surface area contributed by atoms with E-state index in [0.717, 1.165) is 16.5 Å². The molecule has 2 saturated heterocycles. The maximum atomic E-state index is 14.7. The molecule has 0 saturated carbocycles. The number of ether oxygens (including phenoxy) is 3. The summed E-state index contributed by atoms with van der Waals surface area (Å²) in [5.74, 6) is 0.154. The van der Waals surface area contributed by atoms with Crippen LogP contribution in [0.25, 0.3) is 0 Å². The van der Waals surface area contributed by atoms with Gasteiger partial charge in [0, 0.05) is 49.7 Å². The number of carbonyl (C=O) groups excluding carboxylic acids is 1. The highest BCUT2D eigenvalue weighted by molar-refractivity contribution is 7.93. The Labute approximate surface area is 268 Å². The second kappa shape index (κ2) is 12.6. The Morgan fingerprint density at radius 1 is 0.978 bits per heavy atom. The number of anilines is 3. The van der Waals surface area contributed by atoms with Gasteiger partial charge in [0.05, 0.1) is 55.4 Å². The fraction of sp³-hybridized carbons (Fsp3) is 0.265. The van der Waals surface area contributed by atoms with Gasteiger partial charge in [0.25, 0.3) is 15.9 Å². The van der Waals surface area contributed by atoms with Crippen LogP contribution in [0.15, 0.2) is 90.1 Å². The highest BCUT2D eigenvalue weighted by Gasteiger charge is 2.48. The van der Waals surface area contributed by atoms with E-state index in [-0.39, 0.29) is 40.3 Å². The molecule has 3 aromatic carbocycles. The smallest absolute Gasteiger partial charge is 0.276 e. The zero-order chi connectivity index (χ0) is 32.4. The summed E-state index contributed by atoms with van der Waals surface area (Å²) in [7, 11) is -1.80. The van der Waals surface area contributed by atoms with Gasteiger partial charge in [-0.2, -0.15) is 9.57 Å². The number of carbonyl (C=O) groups is 1. The van der Waals surface area contributed by atoms with Crippen molar-refractivity contribution in [1.82, 2.24) is 4.98 Å². The lowest BCUT2D eigenvalue weighted by Crippen LogP contribution is -2.56. The summed E-state index contributed by atoms with van der Waals surface area (Å²) in [6.45, 7) is 4.19. The van der Waals surface area contributed by atoms with Crippen LogP contribution in [0.4, 0.5) is 17.1 Å². The number of pyridine rings is 1. The van der Waals surface area contributed by atoms with E-state index in [1.54, 1.807) is 43.6 Å². The molecule has 0 radical (unpaired) electrons. The third-order valence-electron chi connectivity index (χ3n) is 8.39. The van der Waals surface area contributed by atoms with Gasteiger partial charge >= 0.3 is 0 Å². The molecule has 3 heterocycles. The van der Waals surface area contributed by atoms with Gasteiger partial charge in [-0.25, -0.2) is 8.42 Å². The van der Waals surface area contributed by atoms with Crippen molar-refractivity contribution >= 4 is 33.0 Å². The predicted molar refractivity (Wildman–Crippen MR) is 173 cm³/mol. The van der Waals surface area contributed by atoms with Crippen LogP contribution < -0.4 is 28.3 Å². The van der Waals surface area contributed by atoms with Gasteiger partial charge in [-0.3, -0.25) is 9.78 Å². The number of para-hydroxylation sites is 1. The number of amides is 1. The van der Waals surface area contributed by atoms with Crippen LogP contribution >= 0.6 is 0 Å². The van der Waals surface area contributed by atoms with E-state index in [9.17, 15) is 18.5 Å². The second-order valence-corrected chi connectivity index (χ2v) is 12.7. The lowest BCUT2D eigenvalue weighted by Gasteiger charge is -2.46. The SMILES string of the molecule is CCOc1ccccc1C(=O)N(c1ccc(C#N)cc1N1C[C@H]2CN(c3ccncc3)C[C@H]21)S(=O)(=O)c1ccc(OC)cc1OC. The maximum Gasteiger partial charge on any atom is 0.276 e. The Hall–Kier alpha value is -5.28. The van der Waals surface area contributed by atoms with E-state index in [0.29, 0.717) is 36.0 Å². The first kappa shape index (κ1) is 30.7. The summed E-state index contributed by atoms with van der Waals surface area (Å²) in [6, 6.07) is 21.6. The summed E-state index contributed by atoms with van der Waals surface area (Å²) < 4.78 is 46.8. The molecule has 2 fully saturated rings. The molecule has 46 heavy (non-hydrogen) atoms. The number of fused-ring (bicyclic) bond motifs is 1. The van der Waals surface area contributed by atoms with Crippen LogP contribution in [0.2, 0.25) is 0 Å². The zero-order valence-electron chi connectivity index (χ0n) is 25.7. The van der Waals surface area contributed by atoms with Crippen molar-refractivity contribution in [3.05, 3.63) is 96.3 Å². The minimum Gasteiger partial charge on any atom is -0.497 e. The normalized spacial score (nSPS) is 17.0. The van der Waals surface area contributed by atoms with E-state index in [1.165, 1.54) is 50.6 Å². The molecule has 0 aliphatic carbocycles. The molecule has 6 rings (SSSR count). The first-order valence-corrected chi connectivity index (χ1v) is 16.2. The van der Waals surface area contributed by atoms with Gasteiger partial charge in [0.2, 0.25) is 0 Å². The number of benzene rings is 3. The zero-order valence-corrected chi connectivity index (χ0v) is 26.5. The number of methoxy groups -OCH3 is 2. The molecule has 2 aliphatic rings. The van der Waals surface area contributed by atoms with Gasteiger partial charge < -0.3 is 24.0 Å². The third kappa shape index (κ3) is 5.43. The molecular weight excluding hydrogens is 606 g/mol. The average Bonchev–Trinajstić information content (AvgIpc) is 3.41. The Morgan fingerprint density at radius 2 is 1.76 bits per heavy atom. The number of hydrogen-bond donors (Lipinski definition) is 0. The highest BCUT2D eigenvalue weighted by atomic mass is 32.2. The Kier molecular flexibility index (Phi) is 8.42. The molecule has 2 atom stereocenters. The van der Waals surface area contributed by atoms with Gasteiger partial charge in [-0.05, 0) is 61.5 Å². The molecule has 2 aliphatic heterocycles. The van der Waals surface area contributed by atoms with Crippen molar-refractivity contribution in [2.24, 2.45) is 5.92 Å². The van der Waals surface area contributed by atoms with Crippen LogP contribution in [0.3, 0.4) is 0 Å². The predicted octanol–water partition coefficient (Wildman–Crippen LogP) is 4.73. The van der Waals surface area contributed by atoms with E-state index < -0.39 is 15.9 Å². The number of nitrogens with zero attached hydrogens (tertiary/aromatic N) is 5. The van der Waals surface area contributed by atoms with Gasteiger partial charge in [-0.1, -0.05) is 12.1 Å². The van der Waals surface area contributed by atoms with Crippen LogP contribution in [-0.2, 0) is 10.0 Å². The van der Waals surface area contributed by atoms with Crippen molar-refractivity contribution in [3.63, 3.8) is 0 Å². The van der Waals surface area contributed by atoms with E-state index in [4.69, 9.17) is 14.2 Å². The lowest BCUT2D eigenvalue weighted by atomic mass is 9.90. The molecule has 0 bridgehead atoms. The topological polar surface area (TPSA) is 125 Å². The summed E-state index contributed by atoms with van der Waals surface area (Å²) in [4.78, 5) is 22.8. The number of aromatic nitrogens is 1. The van der Waals surface area contributed by atoms with Gasteiger partial charge in [-0.15, -0.1) is 0 Å². The Morgan fingerprint density at radius 3 is 2.48 bits per heavy atom. The van der Waals surface area contributed by atoms with E-state index in [2.05, 4.69) is 20.9 Å². The Bertz CT molecular complexity index is 1910.